The molecule has 6 heteroatoms. The average Bonchev–Trinajstić information content (AvgIpc) is 3.06. The van der Waals surface area contributed by atoms with E-state index in [1.165, 1.54) is 21.7 Å². The third kappa shape index (κ3) is 3.51. The number of thiophene rings is 1. The molecule has 5 nitrogen and oxygen atoms in total. The number of hydrogen-bond donors (Lipinski definition) is 1. The first-order chi connectivity index (χ1) is 10.3. The van der Waals surface area contributed by atoms with Gasteiger partial charge in [-0.05, 0) is 31.5 Å². The van der Waals surface area contributed by atoms with E-state index >= 15 is 0 Å². The van der Waals surface area contributed by atoms with Crippen LogP contribution in [0.15, 0.2) is 12.4 Å². The second-order valence-corrected chi connectivity index (χ2v) is 6.96. The Labute approximate surface area is 130 Å². The summed E-state index contributed by atoms with van der Waals surface area (Å²) in [6.45, 7) is 10.5. The van der Waals surface area contributed by atoms with E-state index in [9.17, 15) is 0 Å². The molecule has 0 bridgehead atoms. The predicted octanol–water partition coefficient (Wildman–Crippen LogP) is 2.16. The first kappa shape index (κ1) is 14.7. The quantitative estimate of drug-likeness (QED) is 0.831. The third-order valence-corrected chi connectivity index (χ3v) is 5.00. The summed E-state index contributed by atoms with van der Waals surface area (Å²) in [5.41, 5.74) is 1.46. The monoisotopic (exact) mass is 305 g/mol. The number of nitrogens with one attached hydrogen (secondary N) is 1. The molecule has 1 aliphatic heterocycles. The van der Waals surface area contributed by atoms with Crippen molar-refractivity contribution in [2.45, 2.75) is 46.4 Å². The highest BCUT2D eigenvalue weighted by Gasteiger charge is 2.18. The second kappa shape index (κ2) is 6.68. The molecule has 2 aromatic rings. The maximum Gasteiger partial charge on any atom is 0.147 e. The molecule has 1 aliphatic rings. The van der Waals surface area contributed by atoms with Crippen LogP contribution in [0, 0.1) is 6.92 Å². The highest BCUT2D eigenvalue weighted by atomic mass is 32.1. The molecular weight excluding hydrogens is 282 g/mol. The molecule has 0 saturated heterocycles. The summed E-state index contributed by atoms with van der Waals surface area (Å²) < 4.78 is 2.15. The molecule has 2 aromatic heterocycles. The second-order valence-electron chi connectivity index (χ2n) is 5.62. The molecule has 3 rings (SSSR count). The normalized spacial score (nSPS) is 15.3. The molecule has 114 valence electrons. The first-order valence-electron chi connectivity index (χ1n) is 7.64. The molecule has 0 saturated carbocycles. The molecule has 3 heterocycles. The van der Waals surface area contributed by atoms with E-state index in [0.29, 0.717) is 0 Å². The number of nitrogens with zero attached hydrogens (tertiary/aromatic N) is 4. The molecule has 0 aliphatic carbocycles. The molecular formula is C15H23N5S. The zero-order valence-electron chi connectivity index (χ0n) is 12.8. The minimum atomic E-state index is 0.901. The van der Waals surface area contributed by atoms with Gasteiger partial charge < -0.3 is 9.88 Å². The Morgan fingerprint density at radius 3 is 3.14 bits per heavy atom. The van der Waals surface area contributed by atoms with Crippen LogP contribution in [0.1, 0.15) is 34.5 Å². The van der Waals surface area contributed by atoms with Gasteiger partial charge >= 0.3 is 0 Å². The largest absolute Gasteiger partial charge is 0.315 e. The summed E-state index contributed by atoms with van der Waals surface area (Å²) >= 11 is 1.92. The minimum Gasteiger partial charge on any atom is -0.315 e. The van der Waals surface area contributed by atoms with Gasteiger partial charge in [-0.15, -0.1) is 21.5 Å². The molecule has 0 amide bonds. The van der Waals surface area contributed by atoms with Gasteiger partial charge in [0.2, 0.25) is 0 Å². The summed E-state index contributed by atoms with van der Waals surface area (Å²) in [5.74, 6) is 1.08. The molecule has 0 atom stereocenters. The summed E-state index contributed by atoms with van der Waals surface area (Å²) in [5, 5.41) is 11.7. The Morgan fingerprint density at radius 1 is 1.38 bits per heavy atom. The van der Waals surface area contributed by atoms with E-state index in [4.69, 9.17) is 0 Å². The molecule has 0 unspecified atom stereocenters. The van der Waals surface area contributed by atoms with Gasteiger partial charge in [-0.25, -0.2) is 0 Å². The SMILES string of the molecule is CCCNCc1cc(CN2CCn3cnnc3C2)c(C)s1. The van der Waals surface area contributed by atoms with Crippen molar-refractivity contribution >= 4 is 11.3 Å². The zero-order valence-corrected chi connectivity index (χ0v) is 13.6. The van der Waals surface area contributed by atoms with Crippen molar-refractivity contribution in [3.8, 4) is 0 Å². The van der Waals surface area contributed by atoms with Gasteiger partial charge in [-0.3, -0.25) is 4.90 Å². The predicted molar refractivity (Wildman–Crippen MR) is 85.2 cm³/mol. The summed E-state index contributed by atoms with van der Waals surface area (Å²) in [6, 6.07) is 2.36. The standard InChI is InChI=1S/C15H23N5S/c1-3-4-16-8-14-7-13(12(2)21-14)9-19-5-6-20-11-17-18-15(20)10-19/h7,11,16H,3-6,8-10H2,1-2H3. The number of fused-ring (bicyclic) bond motifs is 1. The Balaban J connectivity index is 1.60. The fourth-order valence-corrected chi connectivity index (χ4v) is 3.74. The summed E-state index contributed by atoms with van der Waals surface area (Å²) in [4.78, 5) is 5.34. The molecule has 0 aromatic carbocycles. The van der Waals surface area contributed by atoms with Crippen LogP contribution in [0.25, 0.3) is 0 Å². The fourth-order valence-electron chi connectivity index (χ4n) is 2.71. The van der Waals surface area contributed by atoms with E-state index in [1.807, 2.05) is 17.7 Å². The van der Waals surface area contributed by atoms with Gasteiger partial charge in [0.15, 0.2) is 0 Å². The maximum atomic E-state index is 4.19. The zero-order chi connectivity index (χ0) is 14.7. The number of aryl methyl sites for hydroxylation is 1. The number of rotatable bonds is 6. The van der Waals surface area contributed by atoms with Crippen molar-refractivity contribution in [1.29, 1.82) is 0 Å². The lowest BCUT2D eigenvalue weighted by atomic mass is 10.2. The number of hydrogen-bond acceptors (Lipinski definition) is 5. The van der Waals surface area contributed by atoms with Gasteiger partial charge in [-0.2, -0.15) is 0 Å². The van der Waals surface area contributed by atoms with Crippen LogP contribution in [-0.4, -0.2) is 32.8 Å². The van der Waals surface area contributed by atoms with Crippen molar-refractivity contribution in [1.82, 2.24) is 25.0 Å². The van der Waals surface area contributed by atoms with Crippen LogP contribution < -0.4 is 5.32 Å². The van der Waals surface area contributed by atoms with E-state index in [2.05, 4.69) is 44.9 Å². The van der Waals surface area contributed by atoms with Gasteiger partial charge in [0, 0.05) is 35.9 Å². The van der Waals surface area contributed by atoms with Crippen LogP contribution in [0.3, 0.4) is 0 Å². The Morgan fingerprint density at radius 2 is 2.29 bits per heavy atom. The Bertz CT molecular complexity index is 589. The third-order valence-electron chi connectivity index (χ3n) is 3.91. The van der Waals surface area contributed by atoms with Crippen LogP contribution in [-0.2, 0) is 26.2 Å². The number of aromatic nitrogens is 3. The summed E-state index contributed by atoms with van der Waals surface area (Å²) in [6.07, 6.45) is 3.02. The van der Waals surface area contributed by atoms with Crippen LogP contribution in [0.4, 0.5) is 0 Å². The molecule has 21 heavy (non-hydrogen) atoms. The van der Waals surface area contributed by atoms with Gasteiger partial charge in [-0.1, -0.05) is 6.92 Å². The first-order valence-corrected chi connectivity index (χ1v) is 8.46. The topological polar surface area (TPSA) is 46.0 Å². The fraction of sp³-hybridized carbons (Fsp3) is 0.600. The van der Waals surface area contributed by atoms with Gasteiger partial charge in [0.05, 0.1) is 6.54 Å². The minimum absolute atomic E-state index is 0.901. The van der Waals surface area contributed by atoms with Crippen molar-refractivity contribution in [3.63, 3.8) is 0 Å². The lowest BCUT2D eigenvalue weighted by molar-refractivity contribution is 0.208. The average molecular weight is 305 g/mol. The van der Waals surface area contributed by atoms with E-state index in [0.717, 1.165) is 45.1 Å². The lowest BCUT2D eigenvalue weighted by Gasteiger charge is -2.26. The van der Waals surface area contributed by atoms with Crippen molar-refractivity contribution < 1.29 is 0 Å². The molecule has 0 fully saturated rings. The van der Waals surface area contributed by atoms with Gasteiger partial charge in [0.1, 0.15) is 12.2 Å². The highest BCUT2D eigenvalue weighted by Crippen LogP contribution is 2.24. The Kier molecular flexibility index (Phi) is 4.67. The summed E-state index contributed by atoms with van der Waals surface area (Å²) in [7, 11) is 0. The van der Waals surface area contributed by atoms with Crippen molar-refractivity contribution in [2.24, 2.45) is 0 Å². The molecule has 1 N–H and O–H groups in total. The van der Waals surface area contributed by atoms with E-state index in [-0.39, 0.29) is 0 Å². The molecule has 0 radical (unpaired) electrons. The van der Waals surface area contributed by atoms with Crippen LogP contribution in [0.2, 0.25) is 0 Å². The van der Waals surface area contributed by atoms with Gasteiger partial charge in [0.25, 0.3) is 0 Å². The van der Waals surface area contributed by atoms with E-state index < -0.39 is 0 Å². The highest BCUT2D eigenvalue weighted by molar-refractivity contribution is 7.12. The lowest BCUT2D eigenvalue weighted by Crippen LogP contribution is -2.33. The molecule has 0 spiro atoms. The Hall–Kier alpha value is -1.24. The van der Waals surface area contributed by atoms with Crippen molar-refractivity contribution in [2.75, 3.05) is 13.1 Å². The van der Waals surface area contributed by atoms with Crippen LogP contribution >= 0.6 is 11.3 Å². The maximum absolute atomic E-state index is 4.19. The van der Waals surface area contributed by atoms with Crippen molar-refractivity contribution in [3.05, 3.63) is 33.5 Å². The van der Waals surface area contributed by atoms with Crippen LogP contribution in [0.5, 0.6) is 0 Å². The smallest absolute Gasteiger partial charge is 0.147 e. The van der Waals surface area contributed by atoms with E-state index in [1.54, 1.807) is 0 Å².